The van der Waals surface area contributed by atoms with Gasteiger partial charge >= 0.3 is 23.9 Å². The molecule has 6 atom stereocenters. The van der Waals surface area contributed by atoms with Gasteiger partial charge in [0.2, 0.25) is 0 Å². The molecule has 0 saturated carbocycles. The van der Waals surface area contributed by atoms with E-state index in [2.05, 4.69) is 47.1 Å². The summed E-state index contributed by atoms with van der Waals surface area (Å²) < 4.78 is 41.5. The van der Waals surface area contributed by atoms with E-state index in [0.717, 1.165) is 22.0 Å². The summed E-state index contributed by atoms with van der Waals surface area (Å²) in [7, 11) is 0. The Morgan fingerprint density at radius 2 is 1.47 bits per heavy atom. The monoisotopic (exact) mass is 690 g/mol. The molecule has 2 aromatic rings. The Hall–Kier alpha value is -3.48. The topological polar surface area (TPSA) is 133 Å². The van der Waals surface area contributed by atoms with Crippen molar-refractivity contribution in [2.24, 2.45) is 0 Å². The van der Waals surface area contributed by atoms with Crippen molar-refractivity contribution in [2.75, 3.05) is 19.8 Å². The van der Waals surface area contributed by atoms with E-state index in [4.69, 9.17) is 33.2 Å². The van der Waals surface area contributed by atoms with Crippen molar-refractivity contribution in [3.05, 3.63) is 63.1 Å². The van der Waals surface area contributed by atoms with Crippen LogP contribution in [0.1, 0.15) is 69.4 Å². The average Bonchev–Trinajstić information content (AvgIpc) is 3.48. The number of carbonyl (C=O) groups is 4. The molecule has 2 aliphatic rings. The quantitative estimate of drug-likeness (QED) is 0.243. The van der Waals surface area contributed by atoms with Crippen molar-refractivity contribution in [2.45, 2.75) is 90.5 Å². The van der Waals surface area contributed by atoms with Crippen molar-refractivity contribution in [3.63, 3.8) is 0 Å². The van der Waals surface area contributed by atoms with Gasteiger partial charge in [-0.15, -0.1) is 0 Å². The van der Waals surface area contributed by atoms with Gasteiger partial charge in [-0.2, -0.15) is 0 Å². The maximum Gasteiger partial charge on any atom is 0.303 e. The second-order valence-electron chi connectivity index (χ2n) is 11.1. The van der Waals surface area contributed by atoms with Gasteiger partial charge in [-0.25, -0.2) is 0 Å². The zero-order chi connectivity index (χ0) is 32.7. The molecule has 2 aliphatic heterocycles. The lowest BCUT2D eigenvalue weighted by atomic mass is 9.88. The van der Waals surface area contributed by atoms with Gasteiger partial charge in [0.1, 0.15) is 30.7 Å². The predicted octanol–water partition coefficient (Wildman–Crippen LogP) is 4.57. The van der Waals surface area contributed by atoms with Crippen LogP contribution in [0.2, 0.25) is 0 Å². The predicted molar refractivity (Wildman–Crippen MR) is 164 cm³/mol. The third kappa shape index (κ3) is 9.27. The molecule has 0 unspecified atom stereocenters. The van der Waals surface area contributed by atoms with Crippen LogP contribution in [0.15, 0.2) is 40.9 Å². The minimum atomic E-state index is -1.30. The van der Waals surface area contributed by atoms with Crippen LogP contribution in [-0.2, 0) is 60.4 Å². The van der Waals surface area contributed by atoms with E-state index >= 15 is 0 Å². The fraction of sp³-hybridized carbons (Fsp3) is 0.515. The van der Waals surface area contributed by atoms with Crippen LogP contribution in [0, 0.1) is 0 Å². The lowest BCUT2D eigenvalue weighted by Gasteiger charge is -2.45. The molecule has 2 fully saturated rings. The zero-order valence-corrected chi connectivity index (χ0v) is 27.6. The lowest BCUT2D eigenvalue weighted by Crippen LogP contribution is -2.59. The van der Waals surface area contributed by atoms with Crippen molar-refractivity contribution >= 4 is 39.8 Å². The first-order valence-corrected chi connectivity index (χ1v) is 15.7. The van der Waals surface area contributed by atoms with Gasteiger partial charge in [0.25, 0.3) is 0 Å². The highest BCUT2D eigenvalue weighted by Gasteiger charge is 2.53. The van der Waals surface area contributed by atoms with Gasteiger partial charge < -0.3 is 33.2 Å². The number of aryl methyl sites for hydroxylation is 1. The van der Waals surface area contributed by atoms with E-state index in [1.807, 2.05) is 12.1 Å². The van der Waals surface area contributed by atoms with Crippen LogP contribution in [-0.4, -0.2) is 74.2 Å². The molecule has 0 aromatic heterocycles. The maximum atomic E-state index is 12.5. The molecular weight excluding hydrogens is 652 g/mol. The molecular formula is C33H39BrO11. The standard InChI is InChI=1S/C33H39BrO11/c1-6-22-7-9-23(10-8-22)13-24-14-26(28(15-27(24)34)44-25-11-12-39-16-25)30-32(42-20(4)37)33(43-21(5)38)31(41-19(3)36)29(45-30)17-40-18(2)35/h7-10,14-15,25,29-33H,6,11-13,16-17H2,1-5H3/t25-,29+,30-,31+,32-,33-/m0/s1. The van der Waals surface area contributed by atoms with Crippen LogP contribution < -0.4 is 4.74 Å². The summed E-state index contributed by atoms with van der Waals surface area (Å²) in [5, 5.41) is 0. The fourth-order valence-electron chi connectivity index (χ4n) is 5.46. The average molecular weight is 692 g/mol. The molecule has 45 heavy (non-hydrogen) atoms. The number of hydrogen-bond donors (Lipinski definition) is 0. The molecule has 2 heterocycles. The molecule has 244 valence electrons. The van der Waals surface area contributed by atoms with Crippen LogP contribution in [0.3, 0.4) is 0 Å². The third-order valence-corrected chi connectivity index (χ3v) is 8.22. The molecule has 0 amide bonds. The SMILES string of the molecule is CCc1ccc(Cc2cc([C@@H]3O[C@H](COC(C)=O)[C@@H](OC(C)=O)[C@H](OC(C)=O)[C@H]3OC(C)=O)c(O[C@H]3CCOC3)cc2Br)cc1. The number of hydrogen-bond acceptors (Lipinski definition) is 11. The highest BCUT2D eigenvalue weighted by molar-refractivity contribution is 9.10. The highest BCUT2D eigenvalue weighted by atomic mass is 79.9. The normalized spacial score (nSPS) is 24.4. The van der Waals surface area contributed by atoms with Gasteiger partial charge in [-0.3, -0.25) is 19.2 Å². The van der Waals surface area contributed by atoms with Crippen molar-refractivity contribution < 1.29 is 52.3 Å². The first-order valence-electron chi connectivity index (χ1n) is 14.9. The summed E-state index contributed by atoms with van der Waals surface area (Å²) in [6, 6.07) is 12.0. The molecule has 0 spiro atoms. The van der Waals surface area contributed by atoms with Gasteiger partial charge in [0.05, 0.1) is 13.2 Å². The smallest absolute Gasteiger partial charge is 0.303 e. The Morgan fingerprint density at radius 1 is 0.844 bits per heavy atom. The molecule has 2 saturated heterocycles. The largest absolute Gasteiger partial charge is 0.488 e. The summed E-state index contributed by atoms with van der Waals surface area (Å²) in [5.74, 6) is -2.23. The molecule has 0 radical (unpaired) electrons. The first-order chi connectivity index (χ1) is 21.4. The Bertz CT molecular complexity index is 1370. The van der Waals surface area contributed by atoms with Crippen molar-refractivity contribution in [1.29, 1.82) is 0 Å². The summed E-state index contributed by atoms with van der Waals surface area (Å²) in [6.45, 7) is 7.53. The summed E-state index contributed by atoms with van der Waals surface area (Å²) in [4.78, 5) is 48.8. The van der Waals surface area contributed by atoms with Gasteiger partial charge in [0, 0.05) is 44.2 Å². The maximum absolute atomic E-state index is 12.5. The van der Waals surface area contributed by atoms with Crippen LogP contribution >= 0.6 is 15.9 Å². The van der Waals surface area contributed by atoms with E-state index in [-0.39, 0.29) is 12.7 Å². The lowest BCUT2D eigenvalue weighted by molar-refractivity contribution is -0.254. The van der Waals surface area contributed by atoms with E-state index in [9.17, 15) is 19.2 Å². The number of benzene rings is 2. The number of esters is 4. The van der Waals surface area contributed by atoms with Crippen LogP contribution in [0.5, 0.6) is 5.75 Å². The Kier molecular flexibility index (Phi) is 12.0. The molecule has 12 heteroatoms. The minimum absolute atomic E-state index is 0.242. The molecule has 2 aromatic carbocycles. The summed E-state index contributed by atoms with van der Waals surface area (Å²) in [6.07, 6.45) is -4.09. The molecule has 0 N–H and O–H groups in total. The van der Waals surface area contributed by atoms with E-state index in [1.165, 1.54) is 33.3 Å². The van der Waals surface area contributed by atoms with Crippen LogP contribution in [0.25, 0.3) is 0 Å². The highest BCUT2D eigenvalue weighted by Crippen LogP contribution is 2.43. The van der Waals surface area contributed by atoms with Crippen molar-refractivity contribution in [3.8, 4) is 5.75 Å². The Balaban J connectivity index is 1.85. The van der Waals surface area contributed by atoms with E-state index in [0.29, 0.717) is 37.4 Å². The molecule has 0 bridgehead atoms. The molecule has 0 aliphatic carbocycles. The number of halogens is 1. The van der Waals surface area contributed by atoms with Crippen molar-refractivity contribution in [1.82, 2.24) is 0 Å². The zero-order valence-electron chi connectivity index (χ0n) is 26.0. The summed E-state index contributed by atoms with van der Waals surface area (Å²) in [5.41, 5.74) is 3.68. The van der Waals surface area contributed by atoms with E-state index in [1.54, 1.807) is 0 Å². The van der Waals surface area contributed by atoms with Gasteiger partial charge in [-0.05, 0) is 41.7 Å². The number of carbonyl (C=O) groups excluding carboxylic acids is 4. The Morgan fingerprint density at radius 3 is 2.04 bits per heavy atom. The molecule has 11 nitrogen and oxygen atoms in total. The number of rotatable bonds is 11. The van der Waals surface area contributed by atoms with E-state index < -0.39 is 54.4 Å². The second kappa shape index (κ2) is 15.7. The van der Waals surface area contributed by atoms with Crippen LogP contribution in [0.4, 0.5) is 0 Å². The fourth-order valence-corrected chi connectivity index (χ4v) is 5.92. The first kappa shape index (κ1) is 34.4. The van der Waals surface area contributed by atoms with Gasteiger partial charge in [0.15, 0.2) is 18.3 Å². The minimum Gasteiger partial charge on any atom is -0.488 e. The Labute approximate surface area is 270 Å². The third-order valence-electron chi connectivity index (χ3n) is 7.48. The molecule has 4 rings (SSSR count). The summed E-state index contributed by atoms with van der Waals surface area (Å²) >= 11 is 3.71. The second-order valence-corrected chi connectivity index (χ2v) is 11.9. The van der Waals surface area contributed by atoms with Gasteiger partial charge in [-0.1, -0.05) is 47.1 Å². The number of ether oxygens (including phenoxy) is 7.